The number of carbonyl (C=O) groups is 1. The molecule has 2 unspecified atom stereocenters. The minimum Gasteiger partial charge on any atom is -0.363 e. The molecule has 2 N–H and O–H groups in total. The number of fused-ring (bicyclic) bond motifs is 1. The van der Waals surface area contributed by atoms with Crippen molar-refractivity contribution >= 4 is 11.7 Å². The summed E-state index contributed by atoms with van der Waals surface area (Å²) in [5.74, 6) is -0.434. The highest BCUT2D eigenvalue weighted by Gasteiger charge is 2.47. The van der Waals surface area contributed by atoms with Crippen LogP contribution >= 0.6 is 0 Å². The molecule has 156 valence electrons. The molecule has 9 heteroatoms. The van der Waals surface area contributed by atoms with Gasteiger partial charge in [-0.05, 0) is 24.1 Å². The van der Waals surface area contributed by atoms with Crippen molar-refractivity contribution in [3.05, 3.63) is 77.2 Å². The van der Waals surface area contributed by atoms with Crippen molar-refractivity contribution in [1.29, 1.82) is 0 Å². The first-order valence-corrected chi connectivity index (χ1v) is 9.47. The van der Waals surface area contributed by atoms with Crippen LogP contribution in [0.4, 0.5) is 19.0 Å². The van der Waals surface area contributed by atoms with Gasteiger partial charge >= 0.3 is 6.18 Å². The van der Waals surface area contributed by atoms with Gasteiger partial charge in [0.2, 0.25) is 0 Å². The molecule has 0 fully saturated rings. The number of halogens is 3. The molecule has 6 nitrogen and oxygen atoms in total. The van der Waals surface area contributed by atoms with Crippen LogP contribution in [0.1, 0.15) is 45.6 Å². The Hall–Kier alpha value is -3.36. The van der Waals surface area contributed by atoms with Crippen molar-refractivity contribution in [3.63, 3.8) is 0 Å². The van der Waals surface area contributed by atoms with Gasteiger partial charge in [0.15, 0.2) is 6.04 Å². The van der Waals surface area contributed by atoms with Crippen molar-refractivity contribution in [2.45, 2.75) is 38.1 Å². The first-order valence-electron chi connectivity index (χ1n) is 9.47. The molecule has 0 saturated heterocycles. The summed E-state index contributed by atoms with van der Waals surface area (Å²) in [7, 11) is 0. The molecule has 3 aromatic rings. The van der Waals surface area contributed by atoms with E-state index in [-0.39, 0.29) is 24.3 Å². The van der Waals surface area contributed by atoms with Crippen LogP contribution in [0.15, 0.2) is 55.0 Å². The number of aromatic nitrogens is 3. The molecule has 0 aliphatic carbocycles. The van der Waals surface area contributed by atoms with Crippen LogP contribution < -0.4 is 10.6 Å². The second-order valence-electron chi connectivity index (χ2n) is 7.30. The smallest absolute Gasteiger partial charge is 0.363 e. The maximum Gasteiger partial charge on any atom is 0.410 e. The molecule has 2 aromatic heterocycles. The average molecular weight is 415 g/mol. The molecule has 1 aliphatic rings. The van der Waals surface area contributed by atoms with E-state index in [9.17, 15) is 18.0 Å². The molecule has 2 atom stereocenters. The topological polar surface area (TPSA) is 71.8 Å². The lowest BCUT2D eigenvalue weighted by molar-refractivity contribution is -0.173. The number of hydrogen-bond donors (Lipinski definition) is 2. The molecular formula is C21H20F3N5O. The van der Waals surface area contributed by atoms with E-state index < -0.39 is 24.2 Å². The summed E-state index contributed by atoms with van der Waals surface area (Å²) in [5, 5.41) is 9.69. The van der Waals surface area contributed by atoms with Gasteiger partial charge in [-0.2, -0.15) is 18.3 Å². The summed E-state index contributed by atoms with van der Waals surface area (Å²) in [6, 6.07) is 8.44. The van der Waals surface area contributed by atoms with E-state index >= 15 is 0 Å². The minimum atomic E-state index is -4.49. The van der Waals surface area contributed by atoms with E-state index in [4.69, 9.17) is 0 Å². The molecule has 4 rings (SSSR count). The SMILES string of the molecule is Cc1ccc(C2CC(C(F)(F)F)n3ncc(C(=O)NCc4cccnc4)c3N2)cc1. The predicted octanol–water partition coefficient (Wildman–Crippen LogP) is 4.18. The second-order valence-corrected chi connectivity index (χ2v) is 7.30. The van der Waals surface area contributed by atoms with Gasteiger partial charge in [0.1, 0.15) is 11.4 Å². The van der Waals surface area contributed by atoms with Crippen molar-refractivity contribution in [2.75, 3.05) is 5.32 Å². The Kier molecular flexibility index (Phi) is 5.19. The van der Waals surface area contributed by atoms with E-state index in [1.54, 1.807) is 36.7 Å². The van der Waals surface area contributed by atoms with Gasteiger partial charge in [0, 0.05) is 25.4 Å². The lowest BCUT2D eigenvalue weighted by Crippen LogP contribution is -2.36. The largest absolute Gasteiger partial charge is 0.410 e. The molecule has 0 radical (unpaired) electrons. The maximum atomic E-state index is 13.8. The van der Waals surface area contributed by atoms with Crippen LogP contribution in [0.25, 0.3) is 0 Å². The number of carbonyl (C=O) groups excluding carboxylic acids is 1. The van der Waals surface area contributed by atoms with E-state index in [0.717, 1.165) is 21.4 Å². The summed E-state index contributed by atoms with van der Waals surface area (Å²) in [6.07, 6.45) is -0.296. The quantitative estimate of drug-likeness (QED) is 0.671. The van der Waals surface area contributed by atoms with Crippen molar-refractivity contribution < 1.29 is 18.0 Å². The number of aryl methyl sites for hydroxylation is 1. The van der Waals surface area contributed by atoms with Gasteiger partial charge in [0.05, 0.1) is 12.2 Å². The number of benzene rings is 1. The Morgan fingerprint density at radius 3 is 2.67 bits per heavy atom. The molecule has 1 aliphatic heterocycles. The Bertz CT molecular complexity index is 1030. The summed E-state index contributed by atoms with van der Waals surface area (Å²) < 4.78 is 42.1. The van der Waals surface area contributed by atoms with Gasteiger partial charge in [-0.1, -0.05) is 35.9 Å². The fourth-order valence-electron chi connectivity index (χ4n) is 3.53. The van der Waals surface area contributed by atoms with Crippen LogP contribution in [0.3, 0.4) is 0 Å². The summed E-state index contributed by atoms with van der Waals surface area (Å²) in [5.41, 5.74) is 2.60. The number of nitrogens with zero attached hydrogens (tertiary/aromatic N) is 3. The molecule has 1 aromatic carbocycles. The Balaban J connectivity index is 1.62. The standard InChI is InChI=1S/C21H20F3N5O/c1-13-4-6-15(7-5-13)17-9-18(21(22,23)24)29-19(28-17)16(12-27-29)20(30)26-11-14-3-2-8-25-10-14/h2-8,10,12,17-18,28H,9,11H2,1H3,(H,26,30). The maximum absolute atomic E-state index is 13.8. The number of pyridine rings is 1. The monoisotopic (exact) mass is 415 g/mol. The highest BCUT2D eigenvalue weighted by atomic mass is 19.4. The zero-order valence-corrected chi connectivity index (χ0v) is 16.1. The van der Waals surface area contributed by atoms with E-state index in [2.05, 4.69) is 20.7 Å². The van der Waals surface area contributed by atoms with Crippen molar-refractivity contribution in [3.8, 4) is 0 Å². The van der Waals surface area contributed by atoms with Crippen molar-refractivity contribution in [2.24, 2.45) is 0 Å². The van der Waals surface area contributed by atoms with Gasteiger partial charge in [-0.25, -0.2) is 4.68 Å². The van der Waals surface area contributed by atoms with Crippen molar-refractivity contribution in [1.82, 2.24) is 20.1 Å². The normalized spacial score (nSPS) is 18.4. The van der Waals surface area contributed by atoms with Gasteiger partial charge in [-0.3, -0.25) is 9.78 Å². The molecule has 3 heterocycles. The third kappa shape index (κ3) is 4.00. The number of hydrogen-bond acceptors (Lipinski definition) is 4. The third-order valence-corrected chi connectivity index (χ3v) is 5.14. The zero-order chi connectivity index (χ0) is 21.3. The third-order valence-electron chi connectivity index (χ3n) is 5.14. The highest BCUT2D eigenvalue weighted by molar-refractivity contribution is 5.98. The van der Waals surface area contributed by atoms with E-state index in [1.165, 1.54) is 6.20 Å². The second kappa shape index (κ2) is 7.81. The van der Waals surface area contributed by atoms with Crippen LogP contribution in [0, 0.1) is 6.92 Å². The lowest BCUT2D eigenvalue weighted by Gasteiger charge is -2.34. The molecule has 0 spiro atoms. The first kappa shape index (κ1) is 19.9. The lowest BCUT2D eigenvalue weighted by atomic mass is 9.96. The van der Waals surface area contributed by atoms with Gasteiger partial charge < -0.3 is 10.6 Å². The average Bonchev–Trinajstić information content (AvgIpc) is 3.16. The summed E-state index contributed by atoms with van der Waals surface area (Å²) in [6.45, 7) is 2.12. The molecule has 0 bridgehead atoms. The number of anilines is 1. The zero-order valence-electron chi connectivity index (χ0n) is 16.1. The minimum absolute atomic E-state index is 0.0674. The number of amides is 1. The fraction of sp³-hybridized carbons (Fsp3) is 0.286. The molecule has 0 saturated carbocycles. The summed E-state index contributed by atoms with van der Waals surface area (Å²) in [4.78, 5) is 16.7. The Morgan fingerprint density at radius 2 is 2.00 bits per heavy atom. The number of alkyl halides is 3. The number of nitrogens with one attached hydrogen (secondary N) is 2. The molecule has 30 heavy (non-hydrogen) atoms. The van der Waals surface area contributed by atoms with E-state index in [1.807, 2.05) is 19.1 Å². The molecular weight excluding hydrogens is 395 g/mol. The van der Waals surface area contributed by atoms with Crippen LogP contribution in [-0.4, -0.2) is 26.8 Å². The van der Waals surface area contributed by atoms with Gasteiger partial charge in [0.25, 0.3) is 5.91 Å². The van der Waals surface area contributed by atoms with E-state index in [0.29, 0.717) is 0 Å². The predicted molar refractivity (Wildman–Crippen MR) is 105 cm³/mol. The number of rotatable bonds is 4. The van der Waals surface area contributed by atoms with Crippen LogP contribution in [-0.2, 0) is 6.54 Å². The highest BCUT2D eigenvalue weighted by Crippen LogP contribution is 2.44. The first-order chi connectivity index (χ1) is 14.3. The Morgan fingerprint density at radius 1 is 1.23 bits per heavy atom. The fourth-order valence-corrected chi connectivity index (χ4v) is 3.53. The van der Waals surface area contributed by atoms with Gasteiger partial charge in [-0.15, -0.1) is 0 Å². The molecule has 1 amide bonds. The van der Waals surface area contributed by atoms with Crippen LogP contribution in [0.5, 0.6) is 0 Å². The Labute approximate surface area is 171 Å². The van der Waals surface area contributed by atoms with Crippen LogP contribution in [0.2, 0.25) is 0 Å². The summed E-state index contributed by atoms with van der Waals surface area (Å²) >= 11 is 0.